The van der Waals surface area contributed by atoms with Crippen molar-refractivity contribution in [1.29, 1.82) is 5.26 Å². The zero-order chi connectivity index (χ0) is 34.1. The Kier molecular flexibility index (Phi) is 7.62. The van der Waals surface area contributed by atoms with E-state index in [0.717, 1.165) is 53.6 Å². The molecule has 0 radical (unpaired) electrons. The Morgan fingerprint density at radius 1 is 0.373 bits per heavy atom. The molecule has 0 aliphatic rings. The number of nitriles is 1. The maximum atomic E-state index is 10.3. The number of benzene rings is 6. The lowest BCUT2D eigenvalue weighted by Gasteiger charge is -2.12. The minimum absolute atomic E-state index is 0.454. The van der Waals surface area contributed by atoms with Crippen LogP contribution in [0.4, 0.5) is 0 Å². The van der Waals surface area contributed by atoms with Gasteiger partial charge in [-0.2, -0.15) is 5.26 Å². The van der Waals surface area contributed by atoms with E-state index in [4.69, 9.17) is 24.9 Å². The van der Waals surface area contributed by atoms with E-state index in [1.807, 2.05) is 121 Å². The highest BCUT2D eigenvalue weighted by Gasteiger charge is 2.19. The summed E-state index contributed by atoms with van der Waals surface area (Å²) < 4.78 is 2.27. The molecule has 0 N–H and O–H groups in total. The fourth-order valence-corrected chi connectivity index (χ4v) is 7.42. The van der Waals surface area contributed by atoms with Crippen LogP contribution in [0.5, 0.6) is 0 Å². The maximum Gasteiger partial charge on any atom is 0.164 e. The van der Waals surface area contributed by atoms with E-state index in [1.54, 1.807) is 11.3 Å². The Morgan fingerprint density at radius 3 is 1.31 bits per heavy atom. The van der Waals surface area contributed by atoms with E-state index in [1.165, 1.54) is 0 Å². The summed E-state index contributed by atoms with van der Waals surface area (Å²) >= 11 is 1.73. The summed E-state index contributed by atoms with van der Waals surface area (Å²) in [5.41, 5.74) is 7.09. The van der Waals surface area contributed by atoms with Gasteiger partial charge in [-0.1, -0.05) is 133 Å². The summed E-state index contributed by atoms with van der Waals surface area (Å²) in [6, 6.07) is 54.8. The van der Waals surface area contributed by atoms with E-state index >= 15 is 0 Å². The van der Waals surface area contributed by atoms with Crippen LogP contribution in [0.1, 0.15) is 5.56 Å². The topological polar surface area (TPSA) is 88.2 Å². The van der Waals surface area contributed by atoms with Crippen LogP contribution in [-0.4, -0.2) is 24.9 Å². The minimum atomic E-state index is 0.454. The average molecular weight is 671 g/mol. The summed E-state index contributed by atoms with van der Waals surface area (Å²) in [6.45, 7) is 0. The van der Waals surface area contributed by atoms with Gasteiger partial charge in [0, 0.05) is 53.6 Å². The van der Waals surface area contributed by atoms with E-state index in [9.17, 15) is 5.26 Å². The van der Waals surface area contributed by atoms with Crippen LogP contribution < -0.4 is 0 Å². The second-order valence-corrected chi connectivity index (χ2v) is 13.1. The van der Waals surface area contributed by atoms with Crippen molar-refractivity contribution >= 4 is 31.5 Å². The smallest absolute Gasteiger partial charge is 0.164 e. The monoisotopic (exact) mass is 670 g/mol. The molecule has 238 valence electrons. The Morgan fingerprint density at radius 2 is 0.804 bits per heavy atom. The molecular weight excluding hydrogens is 645 g/mol. The first-order valence-electron chi connectivity index (χ1n) is 16.5. The summed E-state index contributed by atoms with van der Waals surface area (Å²) in [5.74, 6) is 2.45. The third-order valence-electron chi connectivity index (χ3n) is 8.80. The molecule has 6 aromatic carbocycles. The first-order chi connectivity index (χ1) is 25.2. The average Bonchev–Trinajstić information content (AvgIpc) is 3.59. The van der Waals surface area contributed by atoms with Crippen molar-refractivity contribution < 1.29 is 0 Å². The van der Waals surface area contributed by atoms with Gasteiger partial charge in [-0.25, -0.2) is 24.9 Å². The Balaban J connectivity index is 1.17. The first kappa shape index (κ1) is 30.2. The van der Waals surface area contributed by atoms with Gasteiger partial charge in [0.15, 0.2) is 23.3 Å². The number of nitrogens with zero attached hydrogens (tertiary/aromatic N) is 6. The van der Waals surface area contributed by atoms with E-state index in [-0.39, 0.29) is 0 Å². The van der Waals surface area contributed by atoms with Crippen LogP contribution in [0.25, 0.3) is 88.2 Å². The van der Waals surface area contributed by atoms with Gasteiger partial charge in [0.25, 0.3) is 0 Å². The summed E-state index contributed by atoms with van der Waals surface area (Å²) in [7, 11) is 0. The molecule has 0 atom stereocenters. The fraction of sp³-hybridized carbons (Fsp3) is 0. The highest BCUT2D eigenvalue weighted by molar-refractivity contribution is 7.25. The number of aromatic nitrogens is 5. The third-order valence-corrected chi connectivity index (χ3v) is 9.94. The van der Waals surface area contributed by atoms with Gasteiger partial charge in [-0.05, 0) is 24.3 Å². The molecule has 6 nitrogen and oxygen atoms in total. The lowest BCUT2D eigenvalue weighted by molar-refractivity contribution is 1.07. The van der Waals surface area contributed by atoms with Gasteiger partial charge < -0.3 is 0 Å². The van der Waals surface area contributed by atoms with Crippen LogP contribution >= 0.6 is 11.3 Å². The third kappa shape index (κ3) is 5.70. The predicted molar refractivity (Wildman–Crippen MR) is 206 cm³/mol. The quantitative estimate of drug-likeness (QED) is 0.175. The molecule has 0 spiro atoms. The fourth-order valence-electron chi connectivity index (χ4n) is 6.30. The molecule has 3 heterocycles. The molecule has 3 aromatic heterocycles. The van der Waals surface area contributed by atoms with E-state index in [0.29, 0.717) is 40.2 Å². The zero-order valence-corrected chi connectivity index (χ0v) is 27.9. The normalized spacial score (nSPS) is 11.1. The van der Waals surface area contributed by atoms with E-state index < -0.39 is 0 Å². The van der Waals surface area contributed by atoms with E-state index in [2.05, 4.69) is 42.5 Å². The molecule has 0 saturated heterocycles. The van der Waals surface area contributed by atoms with Crippen LogP contribution in [-0.2, 0) is 0 Å². The van der Waals surface area contributed by atoms with Crippen molar-refractivity contribution in [3.05, 3.63) is 163 Å². The second-order valence-electron chi connectivity index (χ2n) is 12.0. The Hall–Kier alpha value is -6.88. The highest BCUT2D eigenvalue weighted by atomic mass is 32.1. The van der Waals surface area contributed by atoms with Crippen LogP contribution in [0.15, 0.2) is 158 Å². The highest BCUT2D eigenvalue weighted by Crippen LogP contribution is 2.39. The van der Waals surface area contributed by atoms with Gasteiger partial charge in [-0.3, -0.25) is 0 Å². The molecule has 0 saturated carbocycles. The van der Waals surface area contributed by atoms with Crippen molar-refractivity contribution in [2.24, 2.45) is 0 Å². The molecular formula is C44H26N6S. The number of fused-ring (bicyclic) bond motifs is 3. The molecule has 0 aliphatic heterocycles. The van der Waals surface area contributed by atoms with Gasteiger partial charge in [0.1, 0.15) is 11.6 Å². The van der Waals surface area contributed by atoms with Crippen molar-refractivity contribution in [3.8, 4) is 74.1 Å². The molecule has 0 aliphatic carbocycles. The second kappa shape index (κ2) is 12.9. The zero-order valence-electron chi connectivity index (χ0n) is 27.1. The summed E-state index contributed by atoms with van der Waals surface area (Å²) in [4.78, 5) is 24.7. The predicted octanol–water partition coefficient (Wildman–Crippen LogP) is 10.9. The first-order valence-corrected chi connectivity index (χ1v) is 17.3. The van der Waals surface area contributed by atoms with Crippen molar-refractivity contribution in [2.75, 3.05) is 0 Å². The number of rotatable bonds is 6. The summed E-state index contributed by atoms with van der Waals surface area (Å²) in [6.07, 6.45) is 0. The van der Waals surface area contributed by atoms with Gasteiger partial charge in [-0.15, -0.1) is 11.3 Å². The molecule has 9 rings (SSSR count). The lowest BCUT2D eigenvalue weighted by Crippen LogP contribution is -2.01. The van der Waals surface area contributed by atoms with Gasteiger partial charge in [0.2, 0.25) is 0 Å². The minimum Gasteiger partial charge on any atom is -0.227 e. The van der Waals surface area contributed by atoms with Crippen LogP contribution in [0, 0.1) is 11.3 Å². The van der Waals surface area contributed by atoms with Gasteiger partial charge in [0.05, 0.1) is 11.4 Å². The lowest BCUT2D eigenvalue weighted by atomic mass is 10.00. The van der Waals surface area contributed by atoms with Crippen molar-refractivity contribution in [1.82, 2.24) is 24.9 Å². The number of thiophene rings is 1. The molecule has 0 unspecified atom stereocenters. The SMILES string of the molecule is N#Cc1c(-c2ccccc2)nc(-c2ccc3sc4cc(-c5nc(-c6ccccc6)nc(-c6ccccc6)n5)ccc4c3c2)nc1-c1ccccc1. The van der Waals surface area contributed by atoms with Gasteiger partial charge >= 0.3 is 0 Å². The molecule has 9 aromatic rings. The maximum absolute atomic E-state index is 10.3. The number of hydrogen-bond acceptors (Lipinski definition) is 7. The molecule has 51 heavy (non-hydrogen) atoms. The molecule has 0 fully saturated rings. The Labute approximate surface area is 298 Å². The Bertz CT molecular complexity index is 2620. The van der Waals surface area contributed by atoms with Crippen LogP contribution in [0.2, 0.25) is 0 Å². The van der Waals surface area contributed by atoms with Crippen molar-refractivity contribution in [3.63, 3.8) is 0 Å². The standard InChI is InChI=1S/C44H26N6S/c45-27-36-39(28-13-5-1-6-14-28)46-43(47-40(36)29-15-7-2-8-16-29)32-22-24-37-35(25-32)34-23-21-33(26-38(34)51-37)44-49-41(30-17-9-3-10-18-30)48-42(50-44)31-19-11-4-12-20-31/h1-26H. The van der Waals surface area contributed by atoms with Crippen LogP contribution in [0.3, 0.4) is 0 Å². The van der Waals surface area contributed by atoms with Crippen molar-refractivity contribution in [2.45, 2.75) is 0 Å². The molecule has 0 bridgehead atoms. The summed E-state index contributed by atoms with van der Waals surface area (Å²) in [5, 5.41) is 12.6. The number of hydrogen-bond donors (Lipinski definition) is 0. The largest absolute Gasteiger partial charge is 0.227 e. The molecule has 0 amide bonds. The molecule has 7 heteroatoms.